The lowest BCUT2D eigenvalue weighted by atomic mass is 10.6. The third-order valence-corrected chi connectivity index (χ3v) is 0.344. The van der Waals surface area contributed by atoms with E-state index in [1.807, 2.05) is 6.08 Å². The van der Waals surface area contributed by atoms with Crippen molar-refractivity contribution in [2.24, 2.45) is 4.99 Å². The molecule has 8 heavy (non-hydrogen) atoms. The van der Waals surface area contributed by atoms with E-state index in [9.17, 15) is 0 Å². The molecule has 0 saturated carbocycles. The number of aliphatic carboxylic acids is 1. The molecule has 0 radical (unpaired) electrons. The second kappa shape index (κ2) is 4.05. The molecule has 0 spiro atoms. The Balaban J connectivity index is 0.000000122. The van der Waals surface area contributed by atoms with Crippen molar-refractivity contribution in [1.82, 2.24) is 0 Å². The first-order valence-corrected chi connectivity index (χ1v) is 2.11. The molecular formula is C5H7NO2. The highest BCUT2D eigenvalue weighted by Crippen LogP contribution is 1.78. The van der Waals surface area contributed by atoms with Crippen LogP contribution in [0, 0.1) is 0 Å². The van der Waals surface area contributed by atoms with Gasteiger partial charge in [-0.1, -0.05) is 0 Å². The van der Waals surface area contributed by atoms with Crippen LogP contribution in [-0.4, -0.2) is 17.3 Å². The summed E-state index contributed by atoms with van der Waals surface area (Å²) in [5, 5.41) is 7.42. The van der Waals surface area contributed by atoms with Gasteiger partial charge in [0.15, 0.2) is 0 Å². The molecule has 0 aromatic heterocycles. The predicted octanol–water partition coefficient (Wildman–Crippen LogP) is 0.675. The van der Waals surface area contributed by atoms with E-state index in [-0.39, 0.29) is 0 Å². The summed E-state index contributed by atoms with van der Waals surface area (Å²) in [5.74, 6) is -0.833. The van der Waals surface area contributed by atoms with Crippen LogP contribution < -0.4 is 0 Å². The topological polar surface area (TPSA) is 49.7 Å². The highest BCUT2D eigenvalue weighted by molar-refractivity contribution is 5.76. The minimum Gasteiger partial charge on any atom is -0.481 e. The van der Waals surface area contributed by atoms with Crippen LogP contribution in [0.1, 0.15) is 6.92 Å². The van der Waals surface area contributed by atoms with Gasteiger partial charge in [-0.2, -0.15) is 0 Å². The van der Waals surface area contributed by atoms with Gasteiger partial charge in [-0.05, 0) is 6.08 Å². The van der Waals surface area contributed by atoms with Gasteiger partial charge in [0, 0.05) is 19.3 Å². The van der Waals surface area contributed by atoms with Crippen LogP contribution in [0.3, 0.4) is 0 Å². The number of allylic oxidation sites excluding steroid dienone is 1. The van der Waals surface area contributed by atoms with Crippen molar-refractivity contribution in [2.45, 2.75) is 6.92 Å². The first-order chi connectivity index (χ1) is 3.73. The fourth-order valence-corrected chi connectivity index (χ4v) is 0.0861. The lowest BCUT2D eigenvalue weighted by Gasteiger charge is -1.77. The summed E-state index contributed by atoms with van der Waals surface area (Å²) in [4.78, 5) is 12.6. The van der Waals surface area contributed by atoms with Gasteiger partial charge >= 0.3 is 0 Å². The Kier molecular flexibility index (Phi) is 3.48. The van der Waals surface area contributed by atoms with Crippen LogP contribution in [0.15, 0.2) is 17.3 Å². The molecule has 1 heterocycles. The van der Waals surface area contributed by atoms with Crippen LogP contribution in [0.2, 0.25) is 0 Å². The number of carbonyl (C=O) groups is 1. The van der Waals surface area contributed by atoms with Crippen molar-refractivity contribution in [2.75, 3.05) is 0 Å². The average molecular weight is 113 g/mol. The Morgan fingerprint density at radius 3 is 1.88 bits per heavy atom. The van der Waals surface area contributed by atoms with Gasteiger partial charge in [0.25, 0.3) is 5.97 Å². The van der Waals surface area contributed by atoms with Gasteiger partial charge in [0.2, 0.25) is 0 Å². The zero-order valence-corrected chi connectivity index (χ0v) is 4.53. The smallest absolute Gasteiger partial charge is 0.300 e. The van der Waals surface area contributed by atoms with E-state index in [1.165, 1.54) is 0 Å². The quantitative estimate of drug-likeness (QED) is 0.502. The maximum absolute atomic E-state index is 9.00. The largest absolute Gasteiger partial charge is 0.481 e. The van der Waals surface area contributed by atoms with Gasteiger partial charge in [-0.3, -0.25) is 9.79 Å². The second-order valence-electron chi connectivity index (χ2n) is 1.16. The van der Waals surface area contributed by atoms with Gasteiger partial charge in [-0.25, -0.2) is 0 Å². The predicted molar refractivity (Wildman–Crippen MR) is 30.9 cm³/mol. The number of hydrogen-bond acceptors (Lipinski definition) is 2. The summed E-state index contributed by atoms with van der Waals surface area (Å²) in [6, 6.07) is 0. The molecule has 3 nitrogen and oxygen atoms in total. The van der Waals surface area contributed by atoms with E-state index in [0.717, 1.165) is 6.92 Å². The lowest BCUT2D eigenvalue weighted by Crippen LogP contribution is -1.78. The molecule has 0 unspecified atom stereocenters. The zero-order chi connectivity index (χ0) is 6.41. The average Bonchev–Trinajstić information content (AvgIpc) is 1.19. The molecule has 1 N–H and O–H groups in total. The normalized spacial score (nSPS) is 11.1. The van der Waals surface area contributed by atoms with Crippen molar-refractivity contribution in [1.29, 1.82) is 0 Å². The zero-order valence-electron chi connectivity index (χ0n) is 4.53. The van der Waals surface area contributed by atoms with E-state index in [2.05, 4.69) is 4.99 Å². The van der Waals surface area contributed by atoms with E-state index in [4.69, 9.17) is 9.90 Å². The molecule has 0 amide bonds. The molecule has 0 saturated heterocycles. The van der Waals surface area contributed by atoms with Gasteiger partial charge < -0.3 is 5.11 Å². The highest BCUT2D eigenvalue weighted by atomic mass is 16.4. The number of rotatable bonds is 0. The third kappa shape index (κ3) is 8.86. The number of carboxylic acid groups (broad SMARTS) is 1. The lowest BCUT2D eigenvalue weighted by molar-refractivity contribution is -0.134. The fourth-order valence-electron chi connectivity index (χ4n) is 0.0861. The molecule has 1 aliphatic heterocycles. The second-order valence-corrected chi connectivity index (χ2v) is 1.16. The van der Waals surface area contributed by atoms with Crippen LogP contribution in [0.4, 0.5) is 0 Å². The summed E-state index contributed by atoms with van der Waals surface area (Å²) in [7, 11) is 0. The Labute approximate surface area is 47.4 Å². The van der Waals surface area contributed by atoms with Crippen molar-refractivity contribution in [3.05, 3.63) is 12.3 Å². The van der Waals surface area contributed by atoms with E-state index in [0.29, 0.717) is 0 Å². The summed E-state index contributed by atoms with van der Waals surface area (Å²) >= 11 is 0. The minimum atomic E-state index is -0.833. The molecule has 0 fully saturated rings. The first kappa shape index (κ1) is 6.88. The van der Waals surface area contributed by atoms with Crippen LogP contribution in [-0.2, 0) is 4.79 Å². The Morgan fingerprint density at radius 1 is 1.75 bits per heavy atom. The summed E-state index contributed by atoms with van der Waals surface area (Å²) in [6.45, 7) is 1.08. The molecule has 44 valence electrons. The van der Waals surface area contributed by atoms with Gasteiger partial charge in [0.1, 0.15) is 0 Å². The summed E-state index contributed by atoms with van der Waals surface area (Å²) in [5.41, 5.74) is 0. The number of carboxylic acids is 1. The molecule has 1 aliphatic rings. The van der Waals surface area contributed by atoms with Crippen LogP contribution in [0.25, 0.3) is 0 Å². The van der Waals surface area contributed by atoms with Crippen molar-refractivity contribution in [3.8, 4) is 0 Å². The molecule has 0 aromatic carbocycles. The van der Waals surface area contributed by atoms with E-state index in [1.54, 1.807) is 12.4 Å². The number of aliphatic imine (C=N–C) groups is 1. The third-order valence-electron chi connectivity index (χ3n) is 0.344. The molecule has 0 atom stereocenters. The molecule has 3 heteroatoms. The molecule has 0 aromatic rings. The van der Waals surface area contributed by atoms with Crippen LogP contribution in [0.5, 0.6) is 0 Å². The number of hydrogen-bond donors (Lipinski definition) is 1. The van der Waals surface area contributed by atoms with Crippen molar-refractivity contribution in [3.63, 3.8) is 0 Å². The van der Waals surface area contributed by atoms with Crippen LogP contribution >= 0.6 is 0 Å². The molecular weight excluding hydrogens is 106 g/mol. The first-order valence-electron chi connectivity index (χ1n) is 2.11. The molecule has 1 rings (SSSR count). The maximum atomic E-state index is 9.00. The maximum Gasteiger partial charge on any atom is 0.300 e. The van der Waals surface area contributed by atoms with Crippen molar-refractivity contribution >= 4 is 12.2 Å². The van der Waals surface area contributed by atoms with Gasteiger partial charge in [-0.15, -0.1) is 0 Å². The highest BCUT2D eigenvalue weighted by Gasteiger charge is 1.66. The number of nitrogens with zero attached hydrogens (tertiary/aromatic N) is 1. The molecule has 0 aliphatic carbocycles. The summed E-state index contributed by atoms with van der Waals surface area (Å²) < 4.78 is 0. The monoisotopic (exact) mass is 113 g/mol. The van der Waals surface area contributed by atoms with E-state index >= 15 is 0 Å². The SMILES string of the molecule is C1=CN=C1.CC(=O)O. The summed E-state index contributed by atoms with van der Waals surface area (Å²) in [6.07, 6.45) is 5.39. The Hall–Kier alpha value is -1.12. The van der Waals surface area contributed by atoms with Crippen molar-refractivity contribution < 1.29 is 9.90 Å². The Bertz CT molecular complexity index is 104. The standard InChI is InChI=1S/C3H3N.C2H4O2/c1-2-4-3-1;1-2(3)4/h1-3H;1H3,(H,3,4). The van der Waals surface area contributed by atoms with Gasteiger partial charge in [0.05, 0.1) is 0 Å². The Morgan fingerprint density at radius 2 is 1.88 bits per heavy atom. The van der Waals surface area contributed by atoms with E-state index < -0.39 is 5.97 Å². The minimum absolute atomic E-state index is 0.833. The fraction of sp³-hybridized carbons (Fsp3) is 0.200. The molecule has 0 bridgehead atoms.